The van der Waals surface area contributed by atoms with Crippen molar-refractivity contribution in [1.82, 2.24) is 14.5 Å². The predicted molar refractivity (Wildman–Crippen MR) is 105 cm³/mol. The van der Waals surface area contributed by atoms with Gasteiger partial charge in [0.25, 0.3) is 0 Å². The fourth-order valence-electron chi connectivity index (χ4n) is 3.45. The summed E-state index contributed by atoms with van der Waals surface area (Å²) in [5.41, 5.74) is 0. The van der Waals surface area contributed by atoms with Gasteiger partial charge in [-0.3, -0.25) is 4.79 Å². The Morgan fingerprint density at radius 3 is 2.61 bits per heavy atom. The molecule has 0 aliphatic carbocycles. The number of carbonyl (C=O) groups is 1. The number of piperazine rings is 1. The molecule has 0 saturated carbocycles. The van der Waals surface area contributed by atoms with Crippen LogP contribution in [0.15, 0.2) is 29.2 Å². The SMILES string of the molecule is CCOc1ccc(S(=O)(=O)N(CC(=O)N2CCNCC2)C[C@H]2CCCO2)cc1. The zero-order valence-electron chi connectivity index (χ0n) is 16.3. The molecule has 1 atom stereocenters. The molecule has 3 rings (SSSR count). The fraction of sp³-hybridized carbons (Fsp3) is 0.632. The number of rotatable bonds is 8. The van der Waals surface area contributed by atoms with Crippen molar-refractivity contribution in [3.05, 3.63) is 24.3 Å². The van der Waals surface area contributed by atoms with E-state index in [1.807, 2.05) is 6.92 Å². The number of amides is 1. The van der Waals surface area contributed by atoms with E-state index in [0.717, 1.165) is 25.9 Å². The highest BCUT2D eigenvalue weighted by molar-refractivity contribution is 7.89. The van der Waals surface area contributed by atoms with Crippen molar-refractivity contribution in [2.75, 3.05) is 52.5 Å². The minimum absolute atomic E-state index is 0.155. The highest BCUT2D eigenvalue weighted by atomic mass is 32.2. The number of nitrogens with zero attached hydrogens (tertiary/aromatic N) is 2. The Bertz CT molecular complexity index is 741. The maximum atomic E-state index is 13.3. The van der Waals surface area contributed by atoms with Crippen LogP contribution in [-0.2, 0) is 19.6 Å². The number of nitrogens with one attached hydrogen (secondary N) is 1. The van der Waals surface area contributed by atoms with Gasteiger partial charge in [-0.05, 0) is 44.0 Å². The lowest BCUT2D eigenvalue weighted by atomic mass is 10.2. The molecule has 0 aromatic heterocycles. The van der Waals surface area contributed by atoms with Gasteiger partial charge in [0.05, 0.1) is 24.2 Å². The quantitative estimate of drug-likeness (QED) is 0.677. The predicted octanol–water partition coefficient (Wildman–Crippen LogP) is 0.687. The average molecular weight is 412 g/mol. The third kappa shape index (κ3) is 5.22. The van der Waals surface area contributed by atoms with Crippen LogP contribution in [0.25, 0.3) is 0 Å². The summed E-state index contributed by atoms with van der Waals surface area (Å²) in [6.45, 7) is 5.67. The minimum atomic E-state index is -3.82. The summed E-state index contributed by atoms with van der Waals surface area (Å²) >= 11 is 0. The molecule has 2 aliphatic rings. The molecular weight excluding hydrogens is 382 g/mol. The summed E-state index contributed by atoms with van der Waals surface area (Å²) in [7, 11) is -3.82. The molecule has 0 radical (unpaired) electrons. The molecule has 1 aromatic rings. The lowest BCUT2D eigenvalue weighted by Gasteiger charge is -2.31. The molecule has 0 spiro atoms. The molecular formula is C19H29N3O5S. The van der Waals surface area contributed by atoms with Crippen LogP contribution in [0.1, 0.15) is 19.8 Å². The molecule has 2 aliphatic heterocycles. The molecule has 0 unspecified atom stereocenters. The first kappa shape index (κ1) is 21.0. The van der Waals surface area contributed by atoms with E-state index in [9.17, 15) is 13.2 Å². The minimum Gasteiger partial charge on any atom is -0.494 e. The molecule has 0 bridgehead atoms. The third-order valence-electron chi connectivity index (χ3n) is 4.99. The first-order valence-corrected chi connectivity index (χ1v) is 11.3. The Morgan fingerprint density at radius 2 is 2.00 bits per heavy atom. The molecule has 1 aromatic carbocycles. The smallest absolute Gasteiger partial charge is 0.243 e. The van der Waals surface area contributed by atoms with E-state index in [2.05, 4.69) is 5.32 Å². The van der Waals surface area contributed by atoms with Crippen molar-refractivity contribution < 1.29 is 22.7 Å². The van der Waals surface area contributed by atoms with Crippen LogP contribution in [0.4, 0.5) is 0 Å². The van der Waals surface area contributed by atoms with Crippen LogP contribution in [-0.4, -0.2) is 82.1 Å². The number of ether oxygens (including phenoxy) is 2. The number of sulfonamides is 1. The summed E-state index contributed by atoms with van der Waals surface area (Å²) in [4.78, 5) is 14.6. The summed E-state index contributed by atoms with van der Waals surface area (Å²) in [5, 5.41) is 3.20. The van der Waals surface area contributed by atoms with Gasteiger partial charge in [0.1, 0.15) is 5.75 Å². The Morgan fingerprint density at radius 1 is 1.29 bits per heavy atom. The second kappa shape index (κ2) is 9.69. The third-order valence-corrected chi connectivity index (χ3v) is 6.81. The monoisotopic (exact) mass is 411 g/mol. The maximum Gasteiger partial charge on any atom is 0.243 e. The van der Waals surface area contributed by atoms with Gasteiger partial charge in [0.2, 0.25) is 15.9 Å². The average Bonchev–Trinajstić information content (AvgIpc) is 3.22. The van der Waals surface area contributed by atoms with E-state index in [-0.39, 0.29) is 30.0 Å². The molecule has 156 valence electrons. The largest absolute Gasteiger partial charge is 0.494 e. The van der Waals surface area contributed by atoms with Crippen LogP contribution >= 0.6 is 0 Å². The highest BCUT2D eigenvalue weighted by Gasteiger charge is 2.32. The van der Waals surface area contributed by atoms with Crippen LogP contribution in [0.5, 0.6) is 5.75 Å². The molecule has 1 N–H and O–H groups in total. The summed E-state index contributed by atoms with van der Waals surface area (Å²) in [5.74, 6) is 0.443. The standard InChI is InChI=1S/C19H29N3O5S/c1-2-26-16-5-7-18(8-6-16)28(24,25)22(14-17-4-3-13-27-17)15-19(23)21-11-9-20-10-12-21/h5-8,17,20H,2-4,9-15H2,1H3/t17-/m1/s1. The van der Waals surface area contributed by atoms with E-state index in [0.29, 0.717) is 32.1 Å². The van der Waals surface area contributed by atoms with Crippen molar-refractivity contribution in [2.45, 2.75) is 30.8 Å². The Kier molecular flexibility index (Phi) is 7.28. The number of carbonyl (C=O) groups excluding carboxylic acids is 1. The second-order valence-corrected chi connectivity index (χ2v) is 8.91. The van der Waals surface area contributed by atoms with Crippen LogP contribution in [0.2, 0.25) is 0 Å². The molecule has 9 heteroatoms. The van der Waals surface area contributed by atoms with Crippen molar-refractivity contribution >= 4 is 15.9 Å². The fourth-order valence-corrected chi connectivity index (χ4v) is 4.87. The van der Waals surface area contributed by atoms with Crippen molar-refractivity contribution in [2.24, 2.45) is 0 Å². The van der Waals surface area contributed by atoms with E-state index in [1.54, 1.807) is 17.0 Å². The first-order valence-electron chi connectivity index (χ1n) is 9.84. The molecule has 2 fully saturated rings. The van der Waals surface area contributed by atoms with Gasteiger partial charge in [-0.2, -0.15) is 4.31 Å². The number of hydrogen-bond donors (Lipinski definition) is 1. The lowest BCUT2D eigenvalue weighted by Crippen LogP contribution is -2.51. The topological polar surface area (TPSA) is 88.2 Å². The van der Waals surface area contributed by atoms with Crippen molar-refractivity contribution in [1.29, 1.82) is 0 Å². The highest BCUT2D eigenvalue weighted by Crippen LogP contribution is 2.22. The van der Waals surface area contributed by atoms with Gasteiger partial charge in [0.15, 0.2) is 0 Å². The van der Waals surface area contributed by atoms with E-state index in [1.165, 1.54) is 16.4 Å². The molecule has 2 heterocycles. The lowest BCUT2D eigenvalue weighted by molar-refractivity contribution is -0.132. The van der Waals surface area contributed by atoms with Gasteiger partial charge < -0.3 is 19.7 Å². The summed E-state index contributed by atoms with van der Waals surface area (Å²) in [6.07, 6.45) is 1.54. The zero-order chi connectivity index (χ0) is 20.0. The van der Waals surface area contributed by atoms with Crippen molar-refractivity contribution in [3.8, 4) is 5.75 Å². The zero-order valence-corrected chi connectivity index (χ0v) is 17.1. The maximum absolute atomic E-state index is 13.3. The normalized spacial score (nSPS) is 20.5. The number of benzene rings is 1. The van der Waals surface area contributed by atoms with Gasteiger partial charge in [-0.15, -0.1) is 0 Å². The molecule has 28 heavy (non-hydrogen) atoms. The van der Waals surface area contributed by atoms with Gasteiger partial charge in [0, 0.05) is 39.3 Å². The summed E-state index contributed by atoms with van der Waals surface area (Å²) in [6, 6.07) is 6.33. The number of hydrogen-bond acceptors (Lipinski definition) is 6. The van der Waals surface area contributed by atoms with E-state index in [4.69, 9.17) is 9.47 Å². The molecule has 2 saturated heterocycles. The van der Waals surface area contributed by atoms with Crippen LogP contribution in [0, 0.1) is 0 Å². The van der Waals surface area contributed by atoms with Gasteiger partial charge in [-0.1, -0.05) is 0 Å². The van der Waals surface area contributed by atoms with Gasteiger partial charge in [-0.25, -0.2) is 8.42 Å². The molecule has 1 amide bonds. The Balaban J connectivity index is 1.78. The second-order valence-electron chi connectivity index (χ2n) is 6.97. The van der Waals surface area contributed by atoms with Crippen LogP contribution < -0.4 is 10.1 Å². The Labute approximate surface area is 166 Å². The van der Waals surface area contributed by atoms with Crippen molar-refractivity contribution in [3.63, 3.8) is 0 Å². The van der Waals surface area contributed by atoms with E-state index >= 15 is 0 Å². The summed E-state index contributed by atoms with van der Waals surface area (Å²) < 4.78 is 38.8. The Hall–Kier alpha value is -1.68. The van der Waals surface area contributed by atoms with Crippen LogP contribution in [0.3, 0.4) is 0 Å². The molecule has 8 nitrogen and oxygen atoms in total. The van der Waals surface area contributed by atoms with E-state index < -0.39 is 10.0 Å². The van der Waals surface area contributed by atoms with Gasteiger partial charge >= 0.3 is 0 Å². The first-order chi connectivity index (χ1) is 13.5.